The molecule has 1 fully saturated rings. The van der Waals surface area contributed by atoms with E-state index >= 15 is 0 Å². The summed E-state index contributed by atoms with van der Waals surface area (Å²) in [6.45, 7) is 0.255. The molecule has 0 spiro atoms. The summed E-state index contributed by atoms with van der Waals surface area (Å²) >= 11 is 1.98. The van der Waals surface area contributed by atoms with Crippen LogP contribution in [0.15, 0.2) is 42.5 Å². The molecule has 1 saturated carbocycles. The average molecular weight is 493 g/mol. The second-order valence-corrected chi connectivity index (χ2v) is 7.94. The first-order valence-electron chi connectivity index (χ1n) is 9.06. The predicted molar refractivity (Wildman–Crippen MR) is 114 cm³/mol. The monoisotopic (exact) mass is 493 g/mol. The van der Waals surface area contributed by atoms with Gasteiger partial charge in [0.25, 0.3) is 11.6 Å². The number of halogens is 1. The predicted octanol–water partition coefficient (Wildman–Crippen LogP) is 4.26. The van der Waals surface area contributed by atoms with Gasteiger partial charge in [0.15, 0.2) is 0 Å². The highest BCUT2D eigenvalue weighted by Gasteiger charge is 2.22. The molecule has 0 radical (unpaired) electrons. The number of benzene rings is 2. The van der Waals surface area contributed by atoms with Crippen LogP contribution in [0.3, 0.4) is 0 Å². The molecule has 2 N–H and O–H groups in total. The van der Waals surface area contributed by atoms with Crippen molar-refractivity contribution in [2.24, 2.45) is 5.92 Å². The molecule has 2 amide bonds. The lowest BCUT2D eigenvalue weighted by atomic mass is 10.1. The summed E-state index contributed by atoms with van der Waals surface area (Å²) < 4.78 is 0.637. The number of carbonyl (C=O) groups is 2. The molecule has 0 bridgehead atoms. The fourth-order valence-corrected chi connectivity index (χ4v) is 3.85. The Morgan fingerprint density at radius 2 is 1.89 bits per heavy atom. The fraction of sp³-hybridized carbons (Fsp3) is 0.300. The van der Waals surface area contributed by atoms with Crippen molar-refractivity contribution >= 4 is 45.8 Å². The van der Waals surface area contributed by atoms with E-state index in [1.165, 1.54) is 12.1 Å². The number of nitrogens with zero attached hydrogens (tertiary/aromatic N) is 1. The van der Waals surface area contributed by atoms with Gasteiger partial charge in [-0.05, 0) is 59.2 Å². The van der Waals surface area contributed by atoms with Crippen LogP contribution in [0.25, 0.3) is 0 Å². The number of non-ortho nitro benzene ring substituents is 1. The zero-order valence-electron chi connectivity index (χ0n) is 15.1. The lowest BCUT2D eigenvalue weighted by Gasteiger charge is -2.12. The minimum Gasteiger partial charge on any atom is -0.348 e. The average Bonchev–Trinajstić information content (AvgIpc) is 3.21. The molecular weight excluding hydrogens is 473 g/mol. The summed E-state index contributed by atoms with van der Waals surface area (Å²) in [5.74, 6) is -0.252. The molecule has 0 heterocycles. The zero-order valence-corrected chi connectivity index (χ0v) is 17.3. The topological polar surface area (TPSA) is 101 Å². The fourth-order valence-electron chi connectivity index (χ4n) is 3.27. The van der Waals surface area contributed by atoms with E-state index in [-0.39, 0.29) is 35.5 Å². The lowest BCUT2D eigenvalue weighted by molar-refractivity contribution is -0.384. The van der Waals surface area contributed by atoms with Crippen LogP contribution in [0.5, 0.6) is 0 Å². The van der Waals surface area contributed by atoms with E-state index in [1.807, 2.05) is 46.9 Å². The van der Waals surface area contributed by atoms with Crippen LogP contribution < -0.4 is 10.6 Å². The van der Waals surface area contributed by atoms with Crippen LogP contribution in [0.4, 0.5) is 11.4 Å². The smallest absolute Gasteiger partial charge is 0.270 e. The van der Waals surface area contributed by atoms with Gasteiger partial charge in [0, 0.05) is 33.9 Å². The number of amides is 2. The standard InChI is InChI=1S/C20H20IN3O4/c21-18-9-8-16(24(27)28)11-17(18)20(26)22-12-13-4-3-7-15(10-13)23-19(25)14-5-1-2-6-14/h3-4,7-11,14H,1-2,5-6,12H2,(H,22,26)(H,23,25). The Morgan fingerprint density at radius 1 is 1.14 bits per heavy atom. The first kappa shape index (κ1) is 20.2. The molecule has 0 atom stereocenters. The normalized spacial score (nSPS) is 13.9. The molecule has 2 aromatic rings. The van der Waals surface area contributed by atoms with Crippen molar-refractivity contribution in [1.82, 2.24) is 5.32 Å². The summed E-state index contributed by atoms with van der Waals surface area (Å²) in [7, 11) is 0. The Bertz CT molecular complexity index is 910. The summed E-state index contributed by atoms with van der Waals surface area (Å²) in [5.41, 5.74) is 1.68. The molecule has 0 saturated heterocycles. The van der Waals surface area contributed by atoms with Crippen molar-refractivity contribution < 1.29 is 14.5 Å². The maximum Gasteiger partial charge on any atom is 0.270 e. The Morgan fingerprint density at radius 3 is 2.61 bits per heavy atom. The first-order chi connectivity index (χ1) is 13.4. The number of nitrogens with one attached hydrogen (secondary N) is 2. The van der Waals surface area contributed by atoms with Crippen LogP contribution in [0.1, 0.15) is 41.6 Å². The van der Waals surface area contributed by atoms with Crippen molar-refractivity contribution in [3.8, 4) is 0 Å². The molecule has 146 valence electrons. The van der Waals surface area contributed by atoms with Gasteiger partial charge in [0.05, 0.1) is 10.5 Å². The van der Waals surface area contributed by atoms with Crippen molar-refractivity contribution in [2.45, 2.75) is 32.2 Å². The molecular formula is C20H20IN3O4. The molecule has 28 heavy (non-hydrogen) atoms. The second kappa shape index (κ2) is 9.13. The van der Waals surface area contributed by atoms with Gasteiger partial charge < -0.3 is 10.6 Å². The number of hydrogen-bond acceptors (Lipinski definition) is 4. The van der Waals surface area contributed by atoms with Crippen LogP contribution in [0.2, 0.25) is 0 Å². The number of nitro benzene ring substituents is 1. The Labute approximate surface area is 176 Å². The van der Waals surface area contributed by atoms with E-state index in [1.54, 1.807) is 6.07 Å². The van der Waals surface area contributed by atoms with Crippen LogP contribution >= 0.6 is 22.6 Å². The Kier molecular flexibility index (Phi) is 6.61. The highest BCUT2D eigenvalue weighted by Crippen LogP contribution is 2.26. The number of rotatable bonds is 6. The van der Waals surface area contributed by atoms with E-state index in [9.17, 15) is 19.7 Å². The van der Waals surface area contributed by atoms with Gasteiger partial charge in [0.2, 0.25) is 5.91 Å². The van der Waals surface area contributed by atoms with Crippen LogP contribution in [-0.2, 0) is 11.3 Å². The molecule has 8 heteroatoms. The number of carbonyl (C=O) groups excluding carboxylic acids is 2. The van der Waals surface area contributed by atoms with E-state index in [4.69, 9.17) is 0 Å². The van der Waals surface area contributed by atoms with Gasteiger partial charge in [-0.25, -0.2) is 0 Å². The van der Waals surface area contributed by atoms with Gasteiger partial charge in [-0.15, -0.1) is 0 Å². The molecule has 0 unspecified atom stereocenters. The first-order valence-corrected chi connectivity index (χ1v) is 10.1. The highest BCUT2D eigenvalue weighted by atomic mass is 127. The zero-order chi connectivity index (χ0) is 20.1. The molecule has 7 nitrogen and oxygen atoms in total. The molecule has 1 aliphatic rings. The molecule has 3 rings (SSSR count). The second-order valence-electron chi connectivity index (χ2n) is 6.77. The minimum atomic E-state index is -0.524. The number of anilines is 1. The summed E-state index contributed by atoms with van der Waals surface area (Å²) in [5, 5.41) is 16.6. The molecule has 2 aromatic carbocycles. The van der Waals surface area contributed by atoms with E-state index in [0.29, 0.717) is 9.26 Å². The van der Waals surface area contributed by atoms with Gasteiger partial charge in [-0.2, -0.15) is 0 Å². The third-order valence-corrected chi connectivity index (χ3v) is 5.72. The van der Waals surface area contributed by atoms with E-state index in [2.05, 4.69) is 10.6 Å². The maximum absolute atomic E-state index is 12.4. The Hall–Kier alpha value is -2.49. The third-order valence-electron chi connectivity index (χ3n) is 4.78. The van der Waals surface area contributed by atoms with Crippen molar-refractivity contribution in [1.29, 1.82) is 0 Å². The molecule has 1 aliphatic carbocycles. The lowest BCUT2D eigenvalue weighted by Crippen LogP contribution is -2.24. The quantitative estimate of drug-likeness (QED) is 0.357. The summed E-state index contributed by atoms with van der Waals surface area (Å²) in [6, 6.07) is 11.5. The highest BCUT2D eigenvalue weighted by molar-refractivity contribution is 14.1. The van der Waals surface area contributed by atoms with Gasteiger partial charge >= 0.3 is 0 Å². The van der Waals surface area contributed by atoms with Crippen molar-refractivity contribution in [3.63, 3.8) is 0 Å². The molecule has 0 aromatic heterocycles. The summed E-state index contributed by atoms with van der Waals surface area (Å²) in [6.07, 6.45) is 4.06. The largest absolute Gasteiger partial charge is 0.348 e. The minimum absolute atomic E-state index is 0.0461. The third kappa shape index (κ3) is 5.06. The molecule has 0 aliphatic heterocycles. The van der Waals surface area contributed by atoms with Crippen molar-refractivity contribution in [3.05, 3.63) is 67.3 Å². The number of nitro groups is 1. The Balaban J connectivity index is 1.63. The van der Waals surface area contributed by atoms with Gasteiger partial charge in [-0.3, -0.25) is 19.7 Å². The van der Waals surface area contributed by atoms with E-state index in [0.717, 1.165) is 31.2 Å². The van der Waals surface area contributed by atoms with Crippen molar-refractivity contribution in [2.75, 3.05) is 5.32 Å². The van der Waals surface area contributed by atoms with Crippen LogP contribution in [-0.4, -0.2) is 16.7 Å². The summed E-state index contributed by atoms with van der Waals surface area (Å²) in [4.78, 5) is 35.1. The SMILES string of the molecule is O=C(NCc1cccc(NC(=O)C2CCCC2)c1)c1cc([N+](=O)[O-])ccc1I. The number of hydrogen-bond donors (Lipinski definition) is 2. The van der Waals surface area contributed by atoms with Gasteiger partial charge in [-0.1, -0.05) is 25.0 Å². The van der Waals surface area contributed by atoms with E-state index < -0.39 is 4.92 Å². The maximum atomic E-state index is 12.4. The van der Waals surface area contributed by atoms with Crippen LogP contribution in [0, 0.1) is 19.6 Å². The van der Waals surface area contributed by atoms with Gasteiger partial charge in [0.1, 0.15) is 0 Å².